The molecule has 5 heteroatoms. The Hall–Kier alpha value is -0.750. The highest BCUT2D eigenvalue weighted by molar-refractivity contribution is 5.93. The van der Waals surface area contributed by atoms with Gasteiger partial charge in [-0.2, -0.15) is 0 Å². The third kappa shape index (κ3) is 5.93. The molecule has 2 fully saturated rings. The molecule has 0 amide bonds. The molecule has 0 aromatic rings. The zero-order chi connectivity index (χ0) is 12.5. The lowest BCUT2D eigenvalue weighted by Crippen LogP contribution is -2.43. The van der Waals surface area contributed by atoms with Gasteiger partial charge in [-0.25, -0.2) is 0 Å². The van der Waals surface area contributed by atoms with Crippen molar-refractivity contribution >= 4 is 5.78 Å². The zero-order valence-electron chi connectivity index (χ0n) is 10.5. The number of carbonyl (C=O) groups excluding carboxylic acids is 1. The van der Waals surface area contributed by atoms with Gasteiger partial charge < -0.3 is 19.7 Å². The van der Waals surface area contributed by atoms with Crippen molar-refractivity contribution in [1.82, 2.24) is 10.2 Å². The van der Waals surface area contributed by atoms with E-state index >= 15 is 0 Å². The maximum atomic E-state index is 11.0. The molecule has 17 heavy (non-hydrogen) atoms. The van der Waals surface area contributed by atoms with Gasteiger partial charge in [0.15, 0.2) is 5.78 Å². The topological polar surface area (TPSA) is 50.8 Å². The van der Waals surface area contributed by atoms with Crippen molar-refractivity contribution in [3.05, 3.63) is 12.7 Å². The van der Waals surface area contributed by atoms with Gasteiger partial charge in [-0.1, -0.05) is 6.58 Å². The molecular weight excluding hydrogens is 220 g/mol. The third-order valence-electron chi connectivity index (χ3n) is 2.63. The molecule has 1 atom stereocenters. The Labute approximate surface area is 103 Å². The summed E-state index contributed by atoms with van der Waals surface area (Å²) in [4.78, 5) is 13.1. The van der Waals surface area contributed by atoms with Crippen LogP contribution in [0.2, 0.25) is 0 Å². The van der Waals surface area contributed by atoms with Gasteiger partial charge in [-0.3, -0.25) is 4.79 Å². The highest BCUT2D eigenvalue weighted by Crippen LogP contribution is 2.03. The summed E-state index contributed by atoms with van der Waals surface area (Å²) in [6, 6.07) is 0. The van der Waals surface area contributed by atoms with Crippen LogP contribution in [0.5, 0.6) is 0 Å². The first kappa shape index (κ1) is 14.3. The summed E-state index contributed by atoms with van der Waals surface area (Å²) in [5.41, 5.74) is 0. The van der Waals surface area contributed by atoms with Crippen molar-refractivity contribution in [2.45, 2.75) is 6.10 Å². The normalized spacial score (nSPS) is 25.6. The molecule has 2 saturated heterocycles. The van der Waals surface area contributed by atoms with E-state index in [0.717, 1.165) is 32.8 Å². The Morgan fingerprint density at radius 3 is 2.53 bits per heavy atom. The Morgan fingerprint density at radius 1 is 1.41 bits per heavy atom. The summed E-state index contributed by atoms with van der Waals surface area (Å²) < 4.78 is 10.2. The van der Waals surface area contributed by atoms with Crippen LogP contribution >= 0.6 is 0 Å². The summed E-state index contributed by atoms with van der Waals surface area (Å²) in [5, 5.41) is 3.16. The van der Waals surface area contributed by atoms with E-state index in [4.69, 9.17) is 9.47 Å². The molecule has 2 aliphatic heterocycles. The fourth-order valence-electron chi connectivity index (χ4n) is 1.60. The fraction of sp³-hybridized carbons (Fsp3) is 0.750. The van der Waals surface area contributed by atoms with Gasteiger partial charge in [0.1, 0.15) is 6.10 Å². The maximum Gasteiger partial charge on any atom is 0.185 e. The zero-order valence-corrected chi connectivity index (χ0v) is 10.5. The Bertz CT molecular complexity index is 230. The number of carbonyl (C=O) groups is 1. The first-order valence-corrected chi connectivity index (χ1v) is 5.99. The molecule has 0 aromatic heterocycles. The standard InChI is InChI=1S/C8H13NO2.C4H9NO/c1-3-7(10)8-6-9(2)4-5-11-8;1-3-6-4-2-5-1/h3,8H,1,4-6H2,2H3;5H,1-4H2. The van der Waals surface area contributed by atoms with Gasteiger partial charge >= 0.3 is 0 Å². The number of likely N-dealkylation sites (N-methyl/N-ethyl adjacent to an activating group) is 1. The highest BCUT2D eigenvalue weighted by Gasteiger charge is 2.21. The monoisotopic (exact) mass is 242 g/mol. The molecule has 1 unspecified atom stereocenters. The van der Waals surface area contributed by atoms with Gasteiger partial charge in [-0.05, 0) is 13.1 Å². The van der Waals surface area contributed by atoms with Crippen LogP contribution < -0.4 is 5.32 Å². The molecule has 0 spiro atoms. The van der Waals surface area contributed by atoms with E-state index in [1.54, 1.807) is 0 Å². The van der Waals surface area contributed by atoms with Crippen molar-refractivity contribution in [1.29, 1.82) is 0 Å². The molecule has 98 valence electrons. The van der Waals surface area contributed by atoms with Gasteiger partial charge in [0.05, 0.1) is 19.8 Å². The molecule has 2 heterocycles. The first-order valence-electron chi connectivity index (χ1n) is 5.99. The predicted octanol–water partition coefficient (Wildman–Crippen LogP) is -0.322. The first-order chi connectivity index (χ1) is 8.24. The van der Waals surface area contributed by atoms with Crippen LogP contribution in [0.1, 0.15) is 0 Å². The lowest BCUT2D eigenvalue weighted by atomic mass is 10.2. The number of morpholine rings is 2. The lowest BCUT2D eigenvalue weighted by molar-refractivity contribution is -0.130. The van der Waals surface area contributed by atoms with Crippen LogP contribution in [0.4, 0.5) is 0 Å². The smallest absolute Gasteiger partial charge is 0.185 e. The number of ketones is 1. The average molecular weight is 242 g/mol. The third-order valence-corrected chi connectivity index (χ3v) is 2.63. The van der Waals surface area contributed by atoms with E-state index in [-0.39, 0.29) is 11.9 Å². The quantitative estimate of drug-likeness (QED) is 0.673. The second kappa shape index (κ2) is 8.36. The average Bonchev–Trinajstić information content (AvgIpc) is 2.40. The van der Waals surface area contributed by atoms with Crippen molar-refractivity contribution in [2.24, 2.45) is 0 Å². The molecule has 0 aliphatic carbocycles. The van der Waals surface area contributed by atoms with Crippen molar-refractivity contribution in [3.8, 4) is 0 Å². The minimum absolute atomic E-state index is 0.0171. The fourth-order valence-corrected chi connectivity index (χ4v) is 1.60. The van der Waals surface area contributed by atoms with Crippen molar-refractivity contribution in [2.75, 3.05) is 53.0 Å². The largest absolute Gasteiger partial charge is 0.379 e. The Kier molecular flexibility index (Phi) is 7.04. The molecule has 0 bridgehead atoms. The van der Waals surface area contributed by atoms with Gasteiger partial charge in [0.2, 0.25) is 0 Å². The van der Waals surface area contributed by atoms with Crippen LogP contribution in [0.15, 0.2) is 12.7 Å². The van der Waals surface area contributed by atoms with Gasteiger partial charge in [0, 0.05) is 26.2 Å². The number of hydrogen-bond donors (Lipinski definition) is 1. The van der Waals surface area contributed by atoms with Crippen LogP contribution in [0.25, 0.3) is 0 Å². The van der Waals surface area contributed by atoms with Crippen LogP contribution in [0, 0.1) is 0 Å². The molecule has 1 N–H and O–H groups in total. The molecule has 2 aliphatic rings. The molecule has 2 rings (SSSR count). The summed E-state index contributed by atoms with van der Waals surface area (Å²) in [5.74, 6) is -0.0171. The molecule has 0 radical (unpaired) electrons. The Morgan fingerprint density at radius 2 is 2.12 bits per heavy atom. The van der Waals surface area contributed by atoms with Crippen molar-refractivity contribution in [3.63, 3.8) is 0 Å². The predicted molar refractivity (Wildman–Crippen MR) is 66.1 cm³/mol. The summed E-state index contributed by atoms with van der Waals surface area (Å²) >= 11 is 0. The second-order valence-electron chi connectivity index (χ2n) is 4.09. The molecule has 5 nitrogen and oxygen atoms in total. The van der Waals surface area contributed by atoms with E-state index in [1.807, 2.05) is 7.05 Å². The molecule has 0 aromatic carbocycles. The maximum absolute atomic E-state index is 11.0. The van der Waals surface area contributed by atoms with E-state index < -0.39 is 0 Å². The van der Waals surface area contributed by atoms with E-state index in [9.17, 15) is 4.79 Å². The van der Waals surface area contributed by atoms with E-state index in [2.05, 4.69) is 16.8 Å². The van der Waals surface area contributed by atoms with Crippen molar-refractivity contribution < 1.29 is 14.3 Å². The molecular formula is C12H22N2O3. The SMILES string of the molecule is C1COCCN1.C=CC(=O)C1CN(C)CCO1. The van der Waals surface area contributed by atoms with E-state index in [1.165, 1.54) is 6.08 Å². The minimum atomic E-state index is -0.286. The summed E-state index contributed by atoms with van der Waals surface area (Å²) in [7, 11) is 1.98. The van der Waals surface area contributed by atoms with Crippen LogP contribution in [0.3, 0.4) is 0 Å². The van der Waals surface area contributed by atoms with Gasteiger partial charge in [0.25, 0.3) is 0 Å². The highest BCUT2D eigenvalue weighted by atomic mass is 16.5. The number of rotatable bonds is 2. The molecule has 0 saturated carbocycles. The second-order valence-corrected chi connectivity index (χ2v) is 4.09. The summed E-state index contributed by atoms with van der Waals surface area (Å²) in [6.07, 6.45) is 1.04. The lowest BCUT2D eigenvalue weighted by Gasteiger charge is -2.28. The minimum Gasteiger partial charge on any atom is -0.379 e. The number of nitrogens with one attached hydrogen (secondary N) is 1. The number of nitrogens with zero attached hydrogens (tertiary/aromatic N) is 1. The van der Waals surface area contributed by atoms with Crippen LogP contribution in [-0.4, -0.2) is 69.8 Å². The number of hydrogen-bond acceptors (Lipinski definition) is 5. The summed E-state index contributed by atoms with van der Waals surface area (Å²) in [6.45, 7) is 9.47. The van der Waals surface area contributed by atoms with Crippen LogP contribution in [-0.2, 0) is 14.3 Å². The number of ether oxygens (including phenoxy) is 2. The van der Waals surface area contributed by atoms with E-state index in [0.29, 0.717) is 13.2 Å². The van der Waals surface area contributed by atoms with Gasteiger partial charge in [-0.15, -0.1) is 0 Å². The Balaban J connectivity index is 0.000000202.